The number of amides is 2. The van der Waals surface area contributed by atoms with Crippen molar-refractivity contribution in [3.8, 4) is 0 Å². The summed E-state index contributed by atoms with van der Waals surface area (Å²) < 4.78 is 40.7. The van der Waals surface area contributed by atoms with Crippen molar-refractivity contribution in [2.75, 3.05) is 37.6 Å². The minimum atomic E-state index is -4.47. The summed E-state index contributed by atoms with van der Waals surface area (Å²) in [5.41, 5.74) is 6.02. The summed E-state index contributed by atoms with van der Waals surface area (Å²) in [6, 6.07) is 7.48. The first-order valence-electron chi connectivity index (χ1n) is 12.7. The number of primary amides is 1. The summed E-state index contributed by atoms with van der Waals surface area (Å²) >= 11 is 0. The number of carbonyl (C=O) groups excluding carboxylic acids is 2. The Morgan fingerprint density at radius 1 is 1.00 bits per heavy atom. The third kappa shape index (κ3) is 4.57. The van der Waals surface area contributed by atoms with E-state index in [4.69, 9.17) is 5.73 Å². The molecule has 12 heteroatoms. The van der Waals surface area contributed by atoms with Crippen molar-refractivity contribution in [2.45, 2.75) is 37.6 Å². The molecule has 0 aliphatic carbocycles. The third-order valence-corrected chi connectivity index (χ3v) is 7.94. The third-order valence-electron chi connectivity index (χ3n) is 7.94. The van der Waals surface area contributed by atoms with Gasteiger partial charge in [0.1, 0.15) is 0 Å². The maximum atomic E-state index is 13.1. The van der Waals surface area contributed by atoms with Crippen LogP contribution < -0.4 is 10.6 Å². The number of hydrogen-bond acceptors (Lipinski definition) is 6. The van der Waals surface area contributed by atoms with Gasteiger partial charge in [0.05, 0.1) is 12.1 Å². The molecule has 2 bridgehead atoms. The van der Waals surface area contributed by atoms with Crippen LogP contribution in [0.15, 0.2) is 42.9 Å². The van der Waals surface area contributed by atoms with E-state index in [0.717, 1.165) is 55.8 Å². The molecule has 2 N–H and O–H groups in total. The molecule has 3 aromatic rings. The highest BCUT2D eigenvalue weighted by Crippen LogP contribution is 2.34. The molecule has 1 aromatic carbocycles. The topological polar surface area (TPSA) is 101 Å². The van der Waals surface area contributed by atoms with E-state index in [2.05, 4.69) is 19.4 Å². The van der Waals surface area contributed by atoms with Crippen LogP contribution in [0.3, 0.4) is 0 Å². The number of aromatic nitrogens is 3. The van der Waals surface area contributed by atoms with Gasteiger partial charge in [0, 0.05) is 80.4 Å². The van der Waals surface area contributed by atoms with E-state index in [1.165, 1.54) is 0 Å². The number of nitrogens with zero attached hydrogens (tertiary/aromatic N) is 6. The lowest BCUT2D eigenvalue weighted by molar-refractivity contribution is -0.138. The number of fused-ring (bicyclic) bond motifs is 3. The molecule has 9 nitrogen and oxygen atoms in total. The van der Waals surface area contributed by atoms with Crippen LogP contribution in [0.2, 0.25) is 0 Å². The predicted octanol–water partition coefficient (Wildman–Crippen LogP) is 2.36. The summed E-state index contributed by atoms with van der Waals surface area (Å²) in [5.74, 6) is 0.323. The molecule has 2 unspecified atom stereocenters. The van der Waals surface area contributed by atoms with Crippen LogP contribution in [0.5, 0.6) is 0 Å². The van der Waals surface area contributed by atoms with Crippen molar-refractivity contribution in [1.29, 1.82) is 0 Å². The average Bonchev–Trinajstić information content (AvgIpc) is 3.38. The van der Waals surface area contributed by atoms with E-state index >= 15 is 0 Å². The second-order valence-corrected chi connectivity index (χ2v) is 10.5. The standard InChI is InChI=1S/C26H28F3N7O2/c27-26(28,29)19-8-31-25(32-9-19)36-20-3-4-21(36)14-35(13-20)23(37)15-33-10-16(11-33)12-34-6-5-17-1-2-18(24(30)38)7-22(17)34/h1-2,5-9,16,20-21H,3-4,10-15H2,(H2,30,38). The summed E-state index contributed by atoms with van der Waals surface area (Å²) in [5, 5.41) is 1.05. The molecule has 5 heterocycles. The summed E-state index contributed by atoms with van der Waals surface area (Å²) in [4.78, 5) is 38.6. The Hall–Kier alpha value is -3.67. The van der Waals surface area contributed by atoms with Crippen LogP contribution in [-0.2, 0) is 17.5 Å². The molecule has 3 aliphatic heterocycles. The number of benzene rings is 1. The Morgan fingerprint density at radius 3 is 2.32 bits per heavy atom. The summed E-state index contributed by atoms with van der Waals surface area (Å²) in [7, 11) is 0. The van der Waals surface area contributed by atoms with Gasteiger partial charge in [0.2, 0.25) is 17.8 Å². The van der Waals surface area contributed by atoms with Gasteiger partial charge in [-0.3, -0.25) is 14.5 Å². The Balaban J connectivity index is 1.02. The molecule has 6 rings (SSSR count). The lowest BCUT2D eigenvalue weighted by Crippen LogP contribution is -2.59. The maximum Gasteiger partial charge on any atom is 0.419 e. The van der Waals surface area contributed by atoms with Gasteiger partial charge in [-0.2, -0.15) is 13.2 Å². The number of anilines is 1. The van der Waals surface area contributed by atoms with E-state index in [9.17, 15) is 22.8 Å². The van der Waals surface area contributed by atoms with Gasteiger partial charge in [-0.25, -0.2) is 9.97 Å². The van der Waals surface area contributed by atoms with Crippen molar-refractivity contribution < 1.29 is 22.8 Å². The SMILES string of the molecule is NC(=O)c1ccc2ccn(CC3CN(CC(=O)N4CC5CCC(C4)N5c4ncc(C(F)(F)F)cn4)C3)c2c1. The van der Waals surface area contributed by atoms with Gasteiger partial charge in [0.25, 0.3) is 0 Å². The van der Waals surface area contributed by atoms with E-state index in [1.807, 2.05) is 34.2 Å². The van der Waals surface area contributed by atoms with Gasteiger partial charge in [0.15, 0.2) is 0 Å². The zero-order chi connectivity index (χ0) is 26.6. The fourth-order valence-electron chi connectivity index (χ4n) is 6.02. The molecule has 3 fully saturated rings. The monoisotopic (exact) mass is 527 g/mol. The lowest BCUT2D eigenvalue weighted by atomic mass is 10.00. The molecule has 2 amide bonds. The Kier molecular flexibility index (Phi) is 6.01. The van der Waals surface area contributed by atoms with Crippen molar-refractivity contribution >= 4 is 28.7 Å². The molecule has 3 aliphatic rings. The maximum absolute atomic E-state index is 13.1. The van der Waals surface area contributed by atoms with Gasteiger partial charge < -0.3 is 20.1 Å². The molecule has 2 atom stereocenters. The number of likely N-dealkylation sites (tertiary alicyclic amines) is 2. The number of alkyl halides is 3. The molecule has 200 valence electrons. The van der Waals surface area contributed by atoms with Gasteiger partial charge in [-0.1, -0.05) is 6.07 Å². The highest BCUT2D eigenvalue weighted by atomic mass is 19.4. The van der Waals surface area contributed by atoms with Crippen LogP contribution in [0, 0.1) is 5.92 Å². The van der Waals surface area contributed by atoms with Crippen LogP contribution in [-0.4, -0.2) is 81.0 Å². The normalized spacial score (nSPS) is 22.2. The smallest absolute Gasteiger partial charge is 0.366 e. The first kappa shape index (κ1) is 24.7. The number of nitrogens with two attached hydrogens (primary N) is 1. The molecule has 0 spiro atoms. The van der Waals surface area contributed by atoms with E-state index in [1.54, 1.807) is 6.07 Å². The summed E-state index contributed by atoms with van der Waals surface area (Å²) in [6.07, 6.45) is 0.904. The zero-order valence-electron chi connectivity index (χ0n) is 20.6. The minimum Gasteiger partial charge on any atom is -0.366 e. The van der Waals surface area contributed by atoms with E-state index in [0.29, 0.717) is 37.1 Å². The first-order chi connectivity index (χ1) is 18.2. The molecule has 3 saturated heterocycles. The van der Waals surface area contributed by atoms with Crippen LogP contribution in [0.4, 0.5) is 19.1 Å². The number of piperazine rings is 1. The fourth-order valence-corrected chi connectivity index (χ4v) is 6.02. The van der Waals surface area contributed by atoms with Gasteiger partial charge >= 0.3 is 6.18 Å². The van der Waals surface area contributed by atoms with Crippen molar-refractivity contribution in [2.24, 2.45) is 11.7 Å². The zero-order valence-corrected chi connectivity index (χ0v) is 20.6. The Morgan fingerprint density at radius 2 is 1.68 bits per heavy atom. The van der Waals surface area contributed by atoms with Crippen LogP contribution in [0.1, 0.15) is 28.8 Å². The summed E-state index contributed by atoms with van der Waals surface area (Å²) in [6.45, 7) is 3.82. The molecule has 0 radical (unpaired) electrons. The van der Waals surface area contributed by atoms with Crippen LogP contribution in [0.25, 0.3) is 10.9 Å². The van der Waals surface area contributed by atoms with Gasteiger partial charge in [-0.05, 0) is 36.4 Å². The lowest BCUT2D eigenvalue weighted by Gasteiger charge is -2.43. The van der Waals surface area contributed by atoms with Crippen LogP contribution >= 0.6 is 0 Å². The fraction of sp³-hybridized carbons (Fsp3) is 0.462. The van der Waals surface area contributed by atoms with Crippen molar-refractivity contribution in [3.63, 3.8) is 0 Å². The number of carbonyl (C=O) groups is 2. The molecular weight excluding hydrogens is 499 g/mol. The molecular formula is C26H28F3N7O2. The molecule has 0 saturated carbocycles. The molecule has 2 aromatic heterocycles. The quantitative estimate of drug-likeness (QED) is 0.529. The Bertz CT molecular complexity index is 1350. The average molecular weight is 528 g/mol. The van der Waals surface area contributed by atoms with E-state index in [-0.39, 0.29) is 18.0 Å². The number of halogens is 3. The second-order valence-electron chi connectivity index (χ2n) is 10.5. The minimum absolute atomic E-state index is 0.00545. The second kappa shape index (κ2) is 9.26. The van der Waals surface area contributed by atoms with E-state index < -0.39 is 17.6 Å². The van der Waals surface area contributed by atoms with Crippen molar-refractivity contribution in [3.05, 3.63) is 54.0 Å². The van der Waals surface area contributed by atoms with Crippen molar-refractivity contribution in [1.82, 2.24) is 24.3 Å². The molecule has 38 heavy (non-hydrogen) atoms. The predicted molar refractivity (Wildman–Crippen MR) is 133 cm³/mol. The highest BCUT2D eigenvalue weighted by Gasteiger charge is 2.43. The number of rotatable bonds is 6. The number of hydrogen-bond donors (Lipinski definition) is 1. The highest BCUT2D eigenvalue weighted by molar-refractivity contribution is 5.97. The largest absolute Gasteiger partial charge is 0.419 e. The van der Waals surface area contributed by atoms with Gasteiger partial charge in [-0.15, -0.1) is 0 Å². The first-order valence-corrected chi connectivity index (χ1v) is 12.7. The Labute approximate surface area is 217 Å².